The number of rotatable bonds is 8. The number of ether oxygens (including phenoxy) is 1. The lowest BCUT2D eigenvalue weighted by Crippen LogP contribution is -2.25. The first-order valence-corrected chi connectivity index (χ1v) is 12.3. The second-order valence-corrected chi connectivity index (χ2v) is 9.98. The number of hydrogen-bond donors (Lipinski definition) is 2. The fourth-order valence-corrected chi connectivity index (χ4v) is 4.99. The molecule has 0 aromatic heterocycles. The van der Waals surface area contributed by atoms with Gasteiger partial charge in [0.25, 0.3) is 5.91 Å². The summed E-state index contributed by atoms with van der Waals surface area (Å²) in [6, 6.07) is 19.9. The molecule has 160 valence electrons. The molecule has 1 amide bonds. The van der Waals surface area contributed by atoms with E-state index in [9.17, 15) is 4.79 Å². The molecular formula is C23H20BrI2N3O2. The summed E-state index contributed by atoms with van der Waals surface area (Å²) >= 11 is 7.94. The number of carbonyl (C=O) groups excluding carboxylic acids is 1. The summed E-state index contributed by atoms with van der Waals surface area (Å²) in [6.45, 7) is 2.67. The van der Waals surface area contributed by atoms with Gasteiger partial charge in [0.2, 0.25) is 0 Å². The molecule has 0 aliphatic rings. The van der Waals surface area contributed by atoms with Crippen molar-refractivity contribution in [3.8, 4) is 5.75 Å². The number of hydrogen-bond acceptors (Lipinski definition) is 4. The molecule has 3 aromatic rings. The van der Waals surface area contributed by atoms with E-state index in [-0.39, 0.29) is 12.5 Å². The Morgan fingerprint density at radius 2 is 1.71 bits per heavy atom. The zero-order valence-electron chi connectivity index (χ0n) is 16.7. The quantitative estimate of drug-likeness (QED) is 0.169. The lowest BCUT2D eigenvalue weighted by Gasteiger charge is -2.11. The minimum Gasteiger partial charge on any atom is -0.487 e. The van der Waals surface area contributed by atoms with Gasteiger partial charge in [-0.3, -0.25) is 4.79 Å². The van der Waals surface area contributed by atoms with Gasteiger partial charge in [-0.15, -0.1) is 0 Å². The third-order valence-corrected chi connectivity index (χ3v) is 6.36. The summed E-state index contributed by atoms with van der Waals surface area (Å²) < 4.78 is 9.03. The maximum Gasteiger partial charge on any atom is 0.259 e. The minimum atomic E-state index is -0.212. The van der Waals surface area contributed by atoms with E-state index < -0.39 is 0 Å². The fourth-order valence-electron chi connectivity index (χ4n) is 2.60. The van der Waals surface area contributed by atoms with E-state index in [0.717, 1.165) is 34.2 Å². The van der Waals surface area contributed by atoms with Gasteiger partial charge in [-0.1, -0.05) is 45.8 Å². The van der Waals surface area contributed by atoms with Crippen LogP contribution in [0.25, 0.3) is 0 Å². The topological polar surface area (TPSA) is 62.7 Å². The number of aryl methyl sites for hydroxylation is 1. The van der Waals surface area contributed by atoms with E-state index in [1.807, 2.05) is 67.6 Å². The van der Waals surface area contributed by atoms with E-state index in [1.165, 1.54) is 5.56 Å². The van der Waals surface area contributed by atoms with Gasteiger partial charge in [0.05, 0.1) is 19.9 Å². The highest BCUT2D eigenvalue weighted by Gasteiger charge is 2.09. The van der Waals surface area contributed by atoms with Crippen molar-refractivity contribution in [2.75, 3.05) is 11.9 Å². The molecule has 0 heterocycles. The number of halogens is 3. The minimum absolute atomic E-state index is 0.151. The molecule has 3 rings (SSSR count). The van der Waals surface area contributed by atoms with Crippen molar-refractivity contribution in [1.29, 1.82) is 0 Å². The van der Waals surface area contributed by atoms with E-state index in [4.69, 9.17) is 4.74 Å². The largest absolute Gasteiger partial charge is 0.487 e. The van der Waals surface area contributed by atoms with E-state index in [0.29, 0.717) is 6.61 Å². The molecule has 0 saturated carbocycles. The van der Waals surface area contributed by atoms with Crippen molar-refractivity contribution in [1.82, 2.24) is 5.43 Å². The standard InChI is InChI=1S/C23H20BrI2N3O2/c1-15-2-8-19(9-3-15)27-13-22(30)29-28-12-17-10-20(25)23(21(26)11-17)31-14-16-4-6-18(24)7-5-16/h2-12,27H,13-14H2,1H3,(H,29,30)/b28-12-. The lowest BCUT2D eigenvalue weighted by molar-refractivity contribution is -0.119. The molecule has 2 N–H and O–H groups in total. The summed E-state index contributed by atoms with van der Waals surface area (Å²) in [6.07, 6.45) is 1.63. The smallest absolute Gasteiger partial charge is 0.259 e. The third kappa shape index (κ3) is 7.76. The van der Waals surface area contributed by atoms with Crippen LogP contribution in [-0.4, -0.2) is 18.7 Å². The van der Waals surface area contributed by atoms with Crippen LogP contribution in [0.3, 0.4) is 0 Å². The normalized spacial score (nSPS) is 10.8. The van der Waals surface area contributed by atoms with Gasteiger partial charge < -0.3 is 10.1 Å². The Hall–Kier alpha value is -1.66. The molecule has 0 fully saturated rings. The number of carbonyl (C=O) groups is 1. The fraction of sp³-hybridized carbons (Fsp3) is 0.130. The molecule has 31 heavy (non-hydrogen) atoms. The van der Waals surface area contributed by atoms with Crippen molar-refractivity contribution in [2.45, 2.75) is 13.5 Å². The Kier molecular flexibility index (Phi) is 9.15. The Bertz CT molecular complexity index is 1050. The predicted molar refractivity (Wildman–Crippen MR) is 146 cm³/mol. The molecule has 0 atom stereocenters. The zero-order valence-corrected chi connectivity index (χ0v) is 22.6. The summed E-state index contributed by atoms with van der Waals surface area (Å²) in [5, 5.41) is 7.13. The highest BCUT2D eigenvalue weighted by molar-refractivity contribution is 14.1. The number of amides is 1. The predicted octanol–water partition coefficient (Wildman–Crippen LogP) is 6.11. The zero-order chi connectivity index (χ0) is 22.2. The van der Waals surface area contributed by atoms with Gasteiger partial charge in [-0.25, -0.2) is 5.43 Å². The van der Waals surface area contributed by atoms with Crippen LogP contribution in [0.2, 0.25) is 0 Å². The van der Waals surface area contributed by atoms with E-state index >= 15 is 0 Å². The van der Waals surface area contributed by atoms with E-state index in [2.05, 4.69) is 77.0 Å². The van der Waals surface area contributed by atoms with Crippen LogP contribution >= 0.6 is 61.1 Å². The number of nitrogens with one attached hydrogen (secondary N) is 2. The summed E-state index contributed by atoms with van der Waals surface area (Å²) in [5.74, 6) is 0.628. The van der Waals surface area contributed by atoms with Gasteiger partial charge in [-0.05, 0) is 99.6 Å². The molecule has 3 aromatic carbocycles. The van der Waals surface area contributed by atoms with Gasteiger partial charge in [0.1, 0.15) is 12.4 Å². The van der Waals surface area contributed by atoms with Crippen molar-refractivity contribution in [2.24, 2.45) is 5.10 Å². The molecule has 5 nitrogen and oxygen atoms in total. The summed E-state index contributed by atoms with van der Waals surface area (Å²) in [4.78, 5) is 12.0. The average Bonchev–Trinajstić information content (AvgIpc) is 2.74. The first kappa shape index (κ1) is 24.0. The number of nitrogens with zero attached hydrogens (tertiary/aromatic N) is 1. The Labute approximate surface area is 217 Å². The van der Waals surface area contributed by atoms with Crippen molar-refractivity contribution >= 4 is 78.9 Å². The summed E-state index contributed by atoms with van der Waals surface area (Å²) in [5.41, 5.74) is 6.60. The molecule has 0 saturated heterocycles. The third-order valence-electron chi connectivity index (χ3n) is 4.22. The Balaban J connectivity index is 1.52. The second kappa shape index (κ2) is 11.8. The number of hydrazone groups is 1. The van der Waals surface area contributed by atoms with Gasteiger partial charge >= 0.3 is 0 Å². The SMILES string of the molecule is Cc1ccc(NCC(=O)N/N=C\c2cc(I)c(OCc3ccc(Br)cc3)c(I)c2)cc1. The highest BCUT2D eigenvalue weighted by Crippen LogP contribution is 2.29. The monoisotopic (exact) mass is 703 g/mol. The molecule has 0 spiro atoms. The van der Waals surface area contributed by atoms with Crippen LogP contribution in [0.1, 0.15) is 16.7 Å². The number of anilines is 1. The molecular weight excluding hydrogens is 684 g/mol. The van der Waals surface area contributed by atoms with Crippen molar-refractivity contribution in [3.05, 3.63) is 89.0 Å². The van der Waals surface area contributed by atoms with Crippen LogP contribution in [0, 0.1) is 14.1 Å². The molecule has 0 radical (unpaired) electrons. The molecule has 8 heteroatoms. The van der Waals surface area contributed by atoms with Crippen molar-refractivity contribution in [3.63, 3.8) is 0 Å². The van der Waals surface area contributed by atoms with Crippen LogP contribution in [0.4, 0.5) is 5.69 Å². The number of benzene rings is 3. The van der Waals surface area contributed by atoms with Crippen LogP contribution in [0.15, 0.2) is 70.2 Å². The Morgan fingerprint density at radius 3 is 2.35 bits per heavy atom. The van der Waals surface area contributed by atoms with Crippen LogP contribution in [-0.2, 0) is 11.4 Å². The molecule has 0 unspecified atom stereocenters. The molecule has 0 bridgehead atoms. The maximum atomic E-state index is 12.0. The van der Waals surface area contributed by atoms with Gasteiger partial charge in [0.15, 0.2) is 0 Å². The van der Waals surface area contributed by atoms with E-state index in [1.54, 1.807) is 6.21 Å². The summed E-state index contributed by atoms with van der Waals surface area (Å²) in [7, 11) is 0. The second-order valence-electron chi connectivity index (χ2n) is 6.74. The van der Waals surface area contributed by atoms with Gasteiger partial charge in [0, 0.05) is 10.2 Å². The Morgan fingerprint density at radius 1 is 1.06 bits per heavy atom. The van der Waals surface area contributed by atoms with Crippen LogP contribution in [0.5, 0.6) is 5.75 Å². The molecule has 0 aliphatic heterocycles. The highest BCUT2D eigenvalue weighted by atomic mass is 127. The molecule has 0 aliphatic carbocycles. The maximum absolute atomic E-state index is 12.0. The van der Waals surface area contributed by atoms with Gasteiger partial charge in [-0.2, -0.15) is 5.10 Å². The lowest BCUT2D eigenvalue weighted by atomic mass is 10.2. The van der Waals surface area contributed by atoms with Crippen LogP contribution < -0.4 is 15.5 Å². The first-order valence-electron chi connectivity index (χ1n) is 9.39. The average molecular weight is 704 g/mol. The first-order chi connectivity index (χ1) is 14.9. The van der Waals surface area contributed by atoms with Crippen molar-refractivity contribution < 1.29 is 9.53 Å².